The van der Waals surface area contributed by atoms with Crippen molar-refractivity contribution in [2.45, 2.75) is 24.8 Å². The van der Waals surface area contributed by atoms with Gasteiger partial charge in [0.15, 0.2) is 6.04 Å². The van der Waals surface area contributed by atoms with Gasteiger partial charge in [-0.15, -0.1) is 0 Å². The number of rotatable bonds is 4. The van der Waals surface area contributed by atoms with Gasteiger partial charge in [0.05, 0.1) is 20.7 Å². The molecule has 0 aliphatic carbocycles. The molecule has 2 aromatic rings. The summed E-state index contributed by atoms with van der Waals surface area (Å²) in [5.41, 5.74) is 0.763. The number of hydrazone groups is 1. The number of carbonyl (C=O) groups excluding carboxylic acids is 1. The molecule has 3 rings (SSSR count). The Labute approximate surface area is 199 Å². The number of amides is 1. The van der Waals surface area contributed by atoms with Gasteiger partial charge in [-0.05, 0) is 43.7 Å². The second-order valence-electron chi connectivity index (χ2n) is 6.01. The van der Waals surface area contributed by atoms with Gasteiger partial charge in [-0.1, -0.05) is 35.3 Å². The normalized spacial score (nSPS) is 16.9. The zero-order valence-electron chi connectivity index (χ0n) is 15.6. The SMILES string of the molecule is CC1=NN(c2c(Cl)cc(C)cc2S(=O)(=O)[O-])C(=O)C1N=Nc1ccccc1Cl.[Na+]. The molecular weight excluding hydrogens is 450 g/mol. The van der Waals surface area contributed by atoms with Gasteiger partial charge >= 0.3 is 29.6 Å². The van der Waals surface area contributed by atoms with Crippen molar-refractivity contribution in [2.24, 2.45) is 15.3 Å². The van der Waals surface area contributed by atoms with Gasteiger partial charge in [0.2, 0.25) is 0 Å². The van der Waals surface area contributed by atoms with Crippen LogP contribution in [0.3, 0.4) is 0 Å². The summed E-state index contributed by atoms with van der Waals surface area (Å²) >= 11 is 12.2. The molecule has 0 spiro atoms. The van der Waals surface area contributed by atoms with Crippen LogP contribution in [0, 0.1) is 6.92 Å². The summed E-state index contributed by atoms with van der Waals surface area (Å²) in [6.45, 7) is 3.10. The number of nitrogens with zero attached hydrogens (tertiary/aromatic N) is 4. The first-order valence-corrected chi connectivity index (χ1v) is 10.1. The molecule has 1 unspecified atom stereocenters. The third-order valence-corrected chi connectivity index (χ3v) is 5.34. The molecule has 1 aliphatic heterocycles. The number of hydrogen-bond donors (Lipinski definition) is 0. The molecule has 0 saturated heterocycles. The third-order valence-electron chi connectivity index (χ3n) is 3.88. The zero-order valence-corrected chi connectivity index (χ0v) is 20.0. The van der Waals surface area contributed by atoms with Crippen LogP contribution in [0.25, 0.3) is 0 Å². The van der Waals surface area contributed by atoms with Crippen LogP contribution in [0.15, 0.2) is 56.6 Å². The second kappa shape index (κ2) is 9.22. The van der Waals surface area contributed by atoms with Crippen molar-refractivity contribution in [3.63, 3.8) is 0 Å². The Hall–Kier alpha value is -1.33. The summed E-state index contributed by atoms with van der Waals surface area (Å²) < 4.78 is 35.0. The molecule has 0 aromatic heterocycles. The van der Waals surface area contributed by atoms with Crippen LogP contribution in [0.2, 0.25) is 10.0 Å². The molecule has 0 saturated carbocycles. The van der Waals surface area contributed by atoms with E-state index in [2.05, 4.69) is 15.3 Å². The molecule has 1 aliphatic rings. The quantitative estimate of drug-likeness (QED) is 0.384. The Morgan fingerprint density at radius 2 is 1.79 bits per heavy atom. The average Bonchev–Trinajstić information content (AvgIpc) is 2.87. The third kappa shape index (κ3) is 5.05. The van der Waals surface area contributed by atoms with Crippen molar-refractivity contribution in [3.8, 4) is 0 Å². The van der Waals surface area contributed by atoms with Gasteiger partial charge < -0.3 is 4.55 Å². The van der Waals surface area contributed by atoms with E-state index in [4.69, 9.17) is 23.2 Å². The summed E-state index contributed by atoms with van der Waals surface area (Å²) in [5, 5.41) is 13.0. The fraction of sp³-hybridized carbons (Fsp3) is 0.176. The maximum Gasteiger partial charge on any atom is 1.00 e. The summed E-state index contributed by atoms with van der Waals surface area (Å²) in [7, 11) is -4.90. The molecule has 1 atom stereocenters. The Kier molecular flexibility index (Phi) is 7.61. The van der Waals surface area contributed by atoms with Gasteiger partial charge in [0.25, 0.3) is 5.91 Å². The largest absolute Gasteiger partial charge is 1.00 e. The molecule has 8 nitrogen and oxygen atoms in total. The van der Waals surface area contributed by atoms with Gasteiger partial charge in [-0.2, -0.15) is 20.3 Å². The van der Waals surface area contributed by atoms with Crippen LogP contribution >= 0.6 is 23.2 Å². The molecule has 0 radical (unpaired) electrons. The molecule has 0 fully saturated rings. The molecule has 0 bridgehead atoms. The fourth-order valence-electron chi connectivity index (χ4n) is 2.60. The van der Waals surface area contributed by atoms with Crippen LogP contribution in [0.1, 0.15) is 12.5 Å². The summed E-state index contributed by atoms with van der Waals surface area (Å²) in [6, 6.07) is 8.15. The minimum absolute atomic E-state index is 0. The maximum atomic E-state index is 12.8. The number of hydrogen-bond acceptors (Lipinski definition) is 7. The molecule has 2 aromatic carbocycles. The Morgan fingerprint density at radius 3 is 2.41 bits per heavy atom. The molecule has 12 heteroatoms. The van der Waals surface area contributed by atoms with E-state index in [1.165, 1.54) is 13.0 Å². The van der Waals surface area contributed by atoms with E-state index in [-0.39, 0.29) is 46.0 Å². The van der Waals surface area contributed by atoms with E-state index in [0.717, 1.165) is 11.1 Å². The Bertz CT molecular complexity index is 1140. The molecule has 146 valence electrons. The minimum atomic E-state index is -4.90. The average molecular weight is 463 g/mol. The van der Waals surface area contributed by atoms with Crippen molar-refractivity contribution in [1.29, 1.82) is 0 Å². The number of carbonyl (C=O) groups is 1. The maximum absolute atomic E-state index is 12.8. The van der Waals surface area contributed by atoms with Crippen LogP contribution in [0.4, 0.5) is 11.4 Å². The molecule has 29 heavy (non-hydrogen) atoms. The second-order valence-corrected chi connectivity index (χ2v) is 8.17. The van der Waals surface area contributed by atoms with Gasteiger partial charge in [0, 0.05) is 0 Å². The summed E-state index contributed by atoms with van der Waals surface area (Å²) in [6.07, 6.45) is 0. The topological polar surface area (TPSA) is 115 Å². The fourth-order valence-corrected chi connectivity index (χ4v) is 3.95. The summed E-state index contributed by atoms with van der Waals surface area (Å²) in [4.78, 5) is 12.2. The van der Waals surface area contributed by atoms with E-state index in [9.17, 15) is 17.8 Å². The molecular formula is C17H13Cl2N4NaO4S. The van der Waals surface area contributed by atoms with Gasteiger partial charge in [0.1, 0.15) is 21.5 Å². The monoisotopic (exact) mass is 462 g/mol. The van der Waals surface area contributed by atoms with Gasteiger partial charge in [-0.25, -0.2) is 8.42 Å². The number of azo groups is 1. The van der Waals surface area contributed by atoms with Crippen molar-refractivity contribution in [3.05, 3.63) is 52.0 Å². The van der Waals surface area contributed by atoms with Crippen LogP contribution in [-0.4, -0.2) is 30.6 Å². The number of halogens is 2. The smallest absolute Gasteiger partial charge is 0.744 e. The Balaban J connectivity index is 0.00000300. The standard InChI is InChI=1S/C17H14Cl2N4O4S.Na/c1-9-7-12(19)16(14(8-9)28(25,26)27)23-17(24)15(10(2)22-23)21-20-13-6-4-3-5-11(13)18;/h3-8,15H,1-2H3,(H,25,26,27);/q;+1/p-1. The number of aryl methyl sites for hydroxylation is 1. The van der Waals surface area contributed by atoms with E-state index in [1.807, 2.05) is 0 Å². The van der Waals surface area contributed by atoms with Gasteiger partial charge in [-0.3, -0.25) is 4.79 Å². The molecule has 1 heterocycles. The minimum Gasteiger partial charge on any atom is -0.744 e. The zero-order chi connectivity index (χ0) is 20.6. The first-order chi connectivity index (χ1) is 13.1. The number of anilines is 1. The van der Waals surface area contributed by atoms with E-state index < -0.39 is 27.0 Å². The van der Waals surface area contributed by atoms with E-state index in [1.54, 1.807) is 31.2 Å². The van der Waals surface area contributed by atoms with E-state index >= 15 is 0 Å². The van der Waals surface area contributed by atoms with Crippen molar-refractivity contribution < 1.29 is 47.3 Å². The van der Waals surface area contributed by atoms with Crippen molar-refractivity contribution >= 4 is 56.3 Å². The van der Waals surface area contributed by atoms with Crippen LogP contribution in [-0.2, 0) is 14.9 Å². The van der Waals surface area contributed by atoms with E-state index in [0.29, 0.717) is 16.3 Å². The van der Waals surface area contributed by atoms with Crippen molar-refractivity contribution in [2.75, 3.05) is 5.01 Å². The van der Waals surface area contributed by atoms with Crippen LogP contribution in [0.5, 0.6) is 0 Å². The molecule has 1 amide bonds. The number of benzene rings is 2. The first-order valence-electron chi connectivity index (χ1n) is 7.90. The first kappa shape index (κ1) is 23.9. The Morgan fingerprint density at radius 1 is 1.14 bits per heavy atom. The van der Waals surface area contributed by atoms with Crippen molar-refractivity contribution in [1.82, 2.24) is 0 Å². The predicted molar refractivity (Wildman–Crippen MR) is 105 cm³/mol. The predicted octanol–water partition coefficient (Wildman–Crippen LogP) is 1.08. The summed E-state index contributed by atoms with van der Waals surface area (Å²) in [5.74, 6) is -0.691. The van der Waals surface area contributed by atoms with Crippen LogP contribution < -0.4 is 34.6 Å². The molecule has 0 N–H and O–H groups in total.